The van der Waals surface area contributed by atoms with Crippen molar-refractivity contribution < 1.29 is 34.5 Å². The molecule has 31 heavy (non-hydrogen) atoms. The van der Waals surface area contributed by atoms with E-state index in [-0.39, 0.29) is 72.6 Å². The number of para-hydroxylation sites is 3. The number of rotatable bonds is 9. The molecule has 2 aromatic carbocycles. The smallest absolute Gasteiger partial charge is 0.238 e. The third kappa shape index (κ3) is 6.69. The van der Waals surface area contributed by atoms with Gasteiger partial charge in [-0.25, -0.2) is 0 Å². The van der Waals surface area contributed by atoms with Crippen molar-refractivity contribution in [1.29, 1.82) is 0 Å². The van der Waals surface area contributed by atoms with E-state index in [0.29, 0.717) is 0 Å². The minimum Gasteiger partial charge on any atom is -0.493 e. The molecule has 1 heterocycles. The second kappa shape index (κ2) is 11.1. The lowest BCUT2D eigenvalue weighted by molar-refractivity contribution is -0.117. The molecule has 0 aromatic heterocycles. The Kier molecular flexibility index (Phi) is 4.47. The molecule has 1 aliphatic rings. The summed E-state index contributed by atoms with van der Waals surface area (Å²) in [6.07, 6.45) is -2.85. The molecule has 1 fully saturated rings. The molecule has 1 unspecified atom stereocenters. The number of carbonyl (C=O) groups is 1. The Morgan fingerprint density at radius 3 is 2.55 bits per heavy atom. The van der Waals surface area contributed by atoms with E-state index in [4.69, 9.17) is 24.6 Å². The largest absolute Gasteiger partial charge is 0.493 e. The molecular weight excluding hydrogens is 394 g/mol. The topological polar surface area (TPSA) is 74.3 Å². The van der Waals surface area contributed by atoms with E-state index in [2.05, 4.69) is 5.32 Å². The van der Waals surface area contributed by atoms with Crippen molar-refractivity contribution in [3.8, 4) is 11.5 Å². The number of hydrogen-bond acceptors (Lipinski definition) is 6. The molecule has 0 radical (unpaired) electrons. The first-order valence-corrected chi connectivity index (χ1v) is 9.72. The zero-order valence-corrected chi connectivity index (χ0v) is 17.4. The molecule has 0 bridgehead atoms. The van der Waals surface area contributed by atoms with E-state index in [1.165, 1.54) is 43.0 Å². The lowest BCUT2D eigenvalue weighted by atomic mass is 10.1. The van der Waals surface area contributed by atoms with Crippen LogP contribution in [-0.4, -0.2) is 79.7 Å². The van der Waals surface area contributed by atoms with Gasteiger partial charge in [0.15, 0.2) is 11.5 Å². The summed E-state index contributed by atoms with van der Waals surface area (Å²) in [5.41, 5.74) is 0.523. The first-order chi connectivity index (χ1) is 19.2. The number of methoxy groups -OCH3 is 1. The molecule has 0 aliphatic carbocycles. The molecular formula is C24H33N3O4. The SMILES string of the molecule is [2H]c1c([2H])c(C)c(NC(=O)C([2H])([2H])N2CCN(C([2H])([2H])C([2H])(O)COc3ccccc3OC([2H])([2H])[2H])CC2)c(C)c1[2H]. The van der Waals surface area contributed by atoms with Gasteiger partial charge in [-0.2, -0.15) is 0 Å². The highest BCUT2D eigenvalue weighted by molar-refractivity contribution is 5.93. The standard InChI is InChI=1S/C24H33N3O4/c1-18-7-6-8-19(2)24(18)25-23(29)16-27-13-11-26(12-14-27)15-20(28)17-31-22-10-5-4-9-21(22)30-3/h4-10,20,28H,11-17H2,1-3H3,(H,25,29)/i3D3,6D,7D,8D,15D2,16D2,20D. The van der Waals surface area contributed by atoms with E-state index in [9.17, 15) is 9.90 Å². The van der Waals surface area contributed by atoms with Crippen molar-refractivity contribution in [3.63, 3.8) is 0 Å². The molecule has 1 atom stereocenters. The molecule has 7 nitrogen and oxygen atoms in total. The number of piperazine rings is 1. The second-order valence-electron chi connectivity index (χ2n) is 6.94. The molecule has 0 saturated carbocycles. The second-order valence-corrected chi connectivity index (χ2v) is 6.94. The molecule has 2 aromatic rings. The van der Waals surface area contributed by atoms with Crippen LogP contribution in [0.5, 0.6) is 11.5 Å². The van der Waals surface area contributed by atoms with E-state index in [0.717, 1.165) is 4.90 Å². The van der Waals surface area contributed by atoms with Gasteiger partial charge in [-0.3, -0.25) is 14.6 Å². The fourth-order valence-corrected chi connectivity index (χ4v) is 3.04. The monoisotopic (exact) mass is 438 g/mol. The predicted octanol–water partition coefficient (Wildman–Crippen LogP) is 2.31. The fourth-order valence-electron chi connectivity index (χ4n) is 3.04. The van der Waals surface area contributed by atoms with Crippen LogP contribution in [0.4, 0.5) is 5.69 Å². The van der Waals surface area contributed by atoms with Gasteiger partial charge in [0.1, 0.15) is 12.7 Å². The van der Waals surface area contributed by atoms with Gasteiger partial charge in [0, 0.05) is 41.1 Å². The average Bonchev–Trinajstić information content (AvgIpc) is 2.91. The third-order valence-electron chi connectivity index (χ3n) is 4.64. The fraction of sp³-hybridized carbons (Fsp3) is 0.458. The predicted molar refractivity (Wildman–Crippen MR) is 122 cm³/mol. The number of hydrogen-bond donors (Lipinski definition) is 2. The van der Waals surface area contributed by atoms with Gasteiger partial charge in [-0.05, 0) is 37.1 Å². The molecule has 3 rings (SSSR count). The van der Waals surface area contributed by atoms with Crippen LogP contribution in [-0.2, 0) is 4.79 Å². The number of ether oxygens (including phenoxy) is 2. The number of nitrogens with zero attached hydrogens (tertiary/aromatic N) is 2. The maximum Gasteiger partial charge on any atom is 0.238 e. The van der Waals surface area contributed by atoms with Crippen LogP contribution < -0.4 is 14.8 Å². The molecule has 168 valence electrons. The van der Waals surface area contributed by atoms with Gasteiger partial charge >= 0.3 is 0 Å². The van der Waals surface area contributed by atoms with E-state index in [1.807, 2.05) is 0 Å². The number of benzene rings is 2. The lowest BCUT2D eigenvalue weighted by Gasteiger charge is -2.35. The van der Waals surface area contributed by atoms with Crippen molar-refractivity contribution >= 4 is 11.6 Å². The Bertz CT molecular complexity index is 1280. The number of nitrogens with one attached hydrogen (secondary N) is 1. The minimum atomic E-state index is -2.85. The van der Waals surface area contributed by atoms with Gasteiger partial charge < -0.3 is 19.9 Å². The van der Waals surface area contributed by atoms with Crippen molar-refractivity contribution in [1.82, 2.24) is 9.80 Å². The number of carbonyl (C=O) groups excluding carboxylic acids is 1. The van der Waals surface area contributed by atoms with Crippen LogP contribution in [0, 0.1) is 13.8 Å². The van der Waals surface area contributed by atoms with Crippen LogP contribution in [0.2, 0.25) is 0 Å². The van der Waals surface area contributed by atoms with Crippen molar-refractivity contribution in [2.75, 3.05) is 58.1 Å². The molecule has 0 spiro atoms. The first-order valence-electron chi connectivity index (χ1n) is 15.2. The maximum absolute atomic E-state index is 13.0. The van der Waals surface area contributed by atoms with Gasteiger partial charge in [-0.15, -0.1) is 0 Å². The minimum absolute atomic E-state index is 0.0787. The molecule has 1 amide bonds. The van der Waals surface area contributed by atoms with E-state index in [1.54, 1.807) is 0 Å². The highest BCUT2D eigenvalue weighted by atomic mass is 16.5. The van der Waals surface area contributed by atoms with Crippen molar-refractivity contribution in [3.05, 3.63) is 53.5 Å². The number of β-amino-alcohol motifs (C(OH)–C–C–N with tert-alkyl or cyclic N) is 1. The van der Waals surface area contributed by atoms with Crippen molar-refractivity contribution in [2.45, 2.75) is 19.9 Å². The van der Waals surface area contributed by atoms with Crippen LogP contribution in [0.1, 0.15) is 26.2 Å². The first kappa shape index (κ1) is 12.4. The van der Waals surface area contributed by atoms with Gasteiger partial charge in [0.25, 0.3) is 0 Å². The Labute approximate surface area is 200 Å². The zero-order valence-electron chi connectivity index (χ0n) is 28.4. The van der Waals surface area contributed by atoms with E-state index < -0.39 is 38.6 Å². The summed E-state index contributed by atoms with van der Waals surface area (Å²) in [6, 6.07) is 4.85. The Balaban J connectivity index is 1.67. The van der Waals surface area contributed by atoms with Crippen LogP contribution in [0.3, 0.4) is 0 Å². The third-order valence-corrected chi connectivity index (χ3v) is 4.64. The zero-order chi connectivity index (χ0) is 31.8. The average molecular weight is 439 g/mol. The van der Waals surface area contributed by atoms with Gasteiger partial charge in [0.2, 0.25) is 5.91 Å². The summed E-state index contributed by atoms with van der Waals surface area (Å²) >= 11 is 0. The number of anilines is 1. The van der Waals surface area contributed by atoms with Crippen LogP contribution >= 0.6 is 0 Å². The number of aliphatic hydroxyl groups is 1. The van der Waals surface area contributed by atoms with Gasteiger partial charge in [0.05, 0.1) is 25.9 Å². The highest BCUT2D eigenvalue weighted by Crippen LogP contribution is 2.25. The summed E-state index contributed by atoms with van der Waals surface area (Å²) in [4.78, 5) is 15.3. The number of amides is 1. The molecule has 2 N–H and O–H groups in total. The normalized spacial score (nSPS) is 23.5. The Morgan fingerprint density at radius 1 is 1.23 bits per heavy atom. The Morgan fingerprint density at radius 2 is 1.87 bits per heavy atom. The Hall–Kier alpha value is -2.61. The summed E-state index contributed by atoms with van der Waals surface area (Å²) < 4.78 is 97.9. The summed E-state index contributed by atoms with van der Waals surface area (Å²) in [7, 11) is -2.79. The maximum atomic E-state index is 13.0. The van der Waals surface area contributed by atoms with Crippen LogP contribution in [0.15, 0.2) is 42.4 Å². The molecule has 1 saturated heterocycles. The summed E-state index contributed by atoms with van der Waals surface area (Å²) in [5, 5.41) is 13.2. The van der Waals surface area contributed by atoms with Crippen molar-refractivity contribution in [2.24, 2.45) is 0 Å². The molecule has 7 heteroatoms. The quantitative estimate of drug-likeness (QED) is 0.626. The molecule has 1 aliphatic heterocycles. The summed E-state index contributed by atoms with van der Waals surface area (Å²) in [6.45, 7) is -3.82. The lowest BCUT2D eigenvalue weighted by Crippen LogP contribution is -2.50. The van der Waals surface area contributed by atoms with E-state index >= 15 is 0 Å². The van der Waals surface area contributed by atoms with Crippen LogP contribution in [0.25, 0.3) is 0 Å². The van der Waals surface area contributed by atoms with Gasteiger partial charge in [-0.1, -0.05) is 30.3 Å². The highest BCUT2D eigenvalue weighted by Gasteiger charge is 2.21. The summed E-state index contributed by atoms with van der Waals surface area (Å²) in [5.74, 6) is -1.36.